The molecule has 0 saturated heterocycles. The summed E-state index contributed by atoms with van der Waals surface area (Å²) < 4.78 is 9.36. The van der Waals surface area contributed by atoms with Crippen molar-refractivity contribution in [2.24, 2.45) is 0 Å². The molecule has 0 radical (unpaired) electrons. The zero-order chi connectivity index (χ0) is 11.5. The van der Waals surface area contributed by atoms with Crippen LogP contribution in [-0.4, -0.2) is 21.6 Å². The molecule has 0 amide bonds. The molecule has 0 bridgehead atoms. The molecule has 84 valence electrons. The maximum Gasteiger partial charge on any atom is 0.137 e. The number of nitrogens with zero attached hydrogens (tertiary/aromatic N) is 2. The lowest BCUT2D eigenvalue weighted by atomic mass is 10.2. The molecule has 2 aromatic rings. The lowest BCUT2D eigenvalue weighted by molar-refractivity contribution is 0.203. The highest BCUT2D eigenvalue weighted by atomic mass is 32.1. The van der Waals surface area contributed by atoms with Crippen LogP contribution in [-0.2, 0) is 0 Å². The molecule has 0 fully saturated rings. The average Bonchev–Trinajstić information content (AvgIpc) is 2.78. The molecule has 1 unspecified atom stereocenters. The molecule has 16 heavy (non-hydrogen) atoms. The van der Waals surface area contributed by atoms with Gasteiger partial charge < -0.3 is 9.84 Å². The zero-order valence-electron chi connectivity index (χ0n) is 9.04. The standard InChI is InChI=1S/C11H12N2O2S/c1-7(14)11-4-10(13-16-11)8-3-9(15-2)6-12-5-8/h3-7,14H,1-2H3. The monoisotopic (exact) mass is 236 g/mol. The first-order chi connectivity index (χ1) is 7.70. The Labute approximate surface area is 97.7 Å². The van der Waals surface area contributed by atoms with E-state index < -0.39 is 6.10 Å². The third kappa shape index (κ3) is 2.20. The van der Waals surface area contributed by atoms with E-state index in [0.29, 0.717) is 5.75 Å². The first kappa shape index (κ1) is 11.0. The number of hydrogen-bond donors (Lipinski definition) is 1. The van der Waals surface area contributed by atoms with E-state index in [1.54, 1.807) is 26.4 Å². The van der Waals surface area contributed by atoms with Gasteiger partial charge in [0.15, 0.2) is 0 Å². The van der Waals surface area contributed by atoms with E-state index in [2.05, 4.69) is 9.36 Å². The van der Waals surface area contributed by atoms with Gasteiger partial charge in [0.05, 0.1) is 30.0 Å². The molecule has 2 heterocycles. The molecule has 0 aliphatic heterocycles. The largest absolute Gasteiger partial charge is 0.495 e. The van der Waals surface area contributed by atoms with Crippen molar-refractivity contribution in [3.8, 4) is 17.0 Å². The Bertz CT molecular complexity index is 482. The lowest BCUT2D eigenvalue weighted by Gasteiger charge is -2.00. The molecule has 1 atom stereocenters. The van der Waals surface area contributed by atoms with Crippen molar-refractivity contribution in [3.05, 3.63) is 29.4 Å². The molecular weight excluding hydrogens is 224 g/mol. The molecule has 4 nitrogen and oxygen atoms in total. The summed E-state index contributed by atoms with van der Waals surface area (Å²) in [7, 11) is 1.60. The van der Waals surface area contributed by atoms with E-state index >= 15 is 0 Å². The second kappa shape index (κ2) is 4.59. The predicted molar refractivity (Wildman–Crippen MR) is 62.5 cm³/mol. The summed E-state index contributed by atoms with van der Waals surface area (Å²) >= 11 is 1.30. The number of ether oxygens (including phenoxy) is 1. The Kier molecular flexibility index (Phi) is 3.17. The fraction of sp³-hybridized carbons (Fsp3) is 0.273. The fourth-order valence-electron chi connectivity index (χ4n) is 1.29. The van der Waals surface area contributed by atoms with Gasteiger partial charge in [0.1, 0.15) is 5.75 Å². The van der Waals surface area contributed by atoms with Crippen LogP contribution in [0.1, 0.15) is 17.9 Å². The number of aliphatic hydroxyl groups is 1. The van der Waals surface area contributed by atoms with Gasteiger partial charge in [-0.1, -0.05) is 0 Å². The molecule has 0 spiro atoms. The summed E-state index contributed by atoms with van der Waals surface area (Å²) in [5.74, 6) is 0.698. The van der Waals surface area contributed by atoms with Crippen molar-refractivity contribution in [3.63, 3.8) is 0 Å². The van der Waals surface area contributed by atoms with Crippen LogP contribution in [0.15, 0.2) is 24.5 Å². The molecular formula is C11H12N2O2S. The maximum absolute atomic E-state index is 9.41. The van der Waals surface area contributed by atoms with Crippen molar-refractivity contribution in [1.82, 2.24) is 9.36 Å². The van der Waals surface area contributed by atoms with Crippen LogP contribution in [0.5, 0.6) is 5.75 Å². The molecule has 2 rings (SSSR count). The molecule has 5 heteroatoms. The highest BCUT2D eigenvalue weighted by Gasteiger charge is 2.09. The van der Waals surface area contributed by atoms with Crippen LogP contribution < -0.4 is 4.74 Å². The molecule has 1 N–H and O–H groups in total. The second-order valence-electron chi connectivity index (χ2n) is 3.40. The SMILES string of the molecule is COc1cncc(-c2cc(C(C)O)sn2)c1. The van der Waals surface area contributed by atoms with Crippen LogP contribution in [0, 0.1) is 0 Å². The molecule has 0 aliphatic carbocycles. The number of aliphatic hydroxyl groups excluding tert-OH is 1. The predicted octanol–water partition coefficient (Wildman–Crippen LogP) is 2.27. The lowest BCUT2D eigenvalue weighted by Crippen LogP contribution is -1.86. The fourth-order valence-corrected chi connectivity index (χ4v) is 1.97. The van der Waals surface area contributed by atoms with Gasteiger partial charge in [0.2, 0.25) is 0 Å². The Morgan fingerprint density at radius 2 is 2.19 bits per heavy atom. The molecule has 2 aromatic heterocycles. The van der Waals surface area contributed by atoms with E-state index in [0.717, 1.165) is 16.1 Å². The average molecular weight is 236 g/mol. The van der Waals surface area contributed by atoms with Crippen molar-refractivity contribution >= 4 is 11.5 Å². The van der Waals surface area contributed by atoms with Gasteiger partial charge in [-0.05, 0) is 30.6 Å². The summed E-state index contributed by atoms with van der Waals surface area (Å²) in [6, 6.07) is 3.74. The minimum absolute atomic E-state index is 0.482. The van der Waals surface area contributed by atoms with Crippen molar-refractivity contribution in [2.75, 3.05) is 7.11 Å². The van der Waals surface area contributed by atoms with Crippen LogP contribution in [0.4, 0.5) is 0 Å². The Morgan fingerprint density at radius 1 is 1.38 bits per heavy atom. The first-order valence-electron chi connectivity index (χ1n) is 4.85. The minimum atomic E-state index is -0.482. The highest BCUT2D eigenvalue weighted by Crippen LogP contribution is 2.27. The van der Waals surface area contributed by atoms with Gasteiger partial charge in [-0.3, -0.25) is 4.98 Å². The molecule has 0 aromatic carbocycles. The summed E-state index contributed by atoms with van der Waals surface area (Å²) in [6.07, 6.45) is 2.89. The van der Waals surface area contributed by atoms with Gasteiger partial charge >= 0.3 is 0 Å². The van der Waals surface area contributed by atoms with Gasteiger partial charge in [0.25, 0.3) is 0 Å². The minimum Gasteiger partial charge on any atom is -0.495 e. The van der Waals surface area contributed by atoms with Crippen molar-refractivity contribution in [1.29, 1.82) is 0 Å². The number of pyridine rings is 1. The number of rotatable bonds is 3. The van der Waals surface area contributed by atoms with E-state index in [1.165, 1.54) is 11.5 Å². The van der Waals surface area contributed by atoms with Gasteiger partial charge in [0, 0.05) is 11.8 Å². The van der Waals surface area contributed by atoms with E-state index in [9.17, 15) is 5.11 Å². The van der Waals surface area contributed by atoms with E-state index in [4.69, 9.17) is 4.74 Å². The Morgan fingerprint density at radius 3 is 2.81 bits per heavy atom. The number of methoxy groups -OCH3 is 1. The van der Waals surface area contributed by atoms with E-state index in [1.807, 2.05) is 12.1 Å². The van der Waals surface area contributed by atoms with Gasteiger partial charge in [-0.25, -0.2) is 0 Å². The van der Waals surface area contributed by atoms with Gasteiger partial charge in [-0.2, -0.15) is 4.37 Å². The zero-order valence-corrected chi connectivity index (χ0v) is 9.86. The second-order valence-corrected chi connectivity index (χ2v) is 4.24. The third-order valence-electron chi connectivity index (χ3n) is 2.18. The number of hydrogen-bond acceptors (Lipinski definition) is 5. The quantitative estimate of drug-likeness (QED) is 0.888. The van der Waals surface area contributed by atoms with Crippen LogP contribution in [0.25, 0.3) is 11.3 Å². The van der Waals surface area contributed by atoms with E-state index in [-0.39, 0.29) is 0 Å². The topological polar surface area (TPSA) is 55.2 Å². The summed E-state index contributed by atoms with van der Waals surface area (Å²) in [5.41, 5.74) is 1.70. The van der Waals surface area contributed by atoms with Crippen molar-refractivity contribution in [2.45, 2.75) is 13.0 Å². The van der Waals surface area contributed by atoms with Crippen LogP contribution in [0.3, 0.4) is 0 Å². The van der Waals surface area contributed by atoms with Crippen molar-refractivity contribution < 1.29 is 9.84 Å². The Balaban J connectivity index is 2.34. The first-order valence-corrected chi connectivity index (χ1v) is 5.62. The van der Waals surface area contributed by atoms with Crippen LogP contribution in [0.2, 0.25) is 0 Å². The van der Waals surface area contributed by atoms with Crippen LogP contribution >= 0.6 is 11.5 Å². The summed E-state index contributed by atoms with van der Waals surface area (Å²) in [4.78, 5) is 4.91. The third-order valence-corrected chi connectivity index (χ3v) is 3.14. The van der Waals surface area contributed by atoms with Gasteiger partial charge in [-0.15, -0.1) is 0 Å². The maximum atomic E-state index is 9.41. The number of aromatic nitrogens is 2. The summed E-state index contributed by atoms with van der Waals surface area (Å²) in [5, 5.41) is 9.41. The molecule has 0 aliphatic rings. The Hall–Kier alpha value is -1.46. The smallest absolute Gasteiger partial charge is 0.137 e. The normalized spacial score (nSPS) is 12.4. The molecule has 0 saturated carbocycles. The summed E-state index contributed by atoms with van der Waals surface area (Å²) in [6.45, 7) is 1.72. The highest BCUT2D eigenvalue weighted by molar-refractivity contribution is 7.06.